The number of amides is 1. The fourth-order valence-corrected chi connectivity index (χ4v) is 2.18. The van der Waals surface area contributed by atoms with E-state index in [-0.39, 0.29) is 5.91 Å². The molecular formula is C15H18N2O3. The van der Waals surface area contributed by atoms with Gasteiger partial charge in [-0.3, -0.25) is 9.69 Å². The molecule has 20 heavy (non-hydrogen) atoms. The predicted octanol–water partition coefficient (Wildman–Crippen LogP) is 1.06. The van der Waals surface area contributed by atoms with Gasteiger partial charge in [-0.05, 0) is 17.2 Å². The Bertz CT molecular complexity index is 540. The van der Waals surface area contributed by atoms with Crippen LogP contribution in [0, 0.1) is 0 Å². The van der Waals surface area contributed by atoms with E-state index in [4.69, 9.17) is 5.11 Å². The molecular weight excluding hydrogens is 256 g/mol. The summed E-state index contributed by atoms with van der Waals surface area (Å²) >= 11 is 0. The van der Waals surface area contributed by atoms with Crippen LogP contribution < -0.4 is 0 Å². The molecule has 1 amide bonds. The third-order valence-corrected chi connectivity index (χ3v) is 3.39. The van der Waals surface area contributed by atoms with Crippen LogP contribution in [0.5, 0.6) is 0 Å². The number of carboxylic acids is 1. The van der Waals surface area contributed by atoms with Crippen molar-refractivity contribution < 1.29 is 14.7 Å². The Morgan fingerprint density at radius 3 is 2.80 bits per heavy atom. The normalized spacial score (nSPS) is 16.9. The van der Waals surface area contributed by atoms with Crippen molar-refractivity contribution in [1.29, 1.82) is 0 Å². The zero-order valence-corrected chi connectivity index (χ0v) is 11.5. The van der Waals surface area contributed by atoms with Crippen LogP contribution in [0.3, 0.4) is 0 Å². The van der Waals surface area contributed by atoms with Gasteiger partial charge >= 0.3 is 5.97 Å². The van der Waals surface area contributed by atoms with Crippen molar-refractivity contribution in [3.05, 3.63) is 41.5 Å². The highest BCUT2D eigenvalue weighted by Crippen LogP contribution is 2.15. The molecule has 1 heterocycles. The lowest BCUT2D eigenvalue weighted by Gasteiger charge is -2.32. The predicted molar refractivity (Wildman–Crippen MR) is 76.0 cm³/mol. The molecule has 5 heteroatoms. The van der Waals surface area contributed by atoms with Crippen molar-refractivity contribution in [2.24, 2.45) is 0 Å². The molecule has 1 saturated heterocycles. The van der Waals surface area contributed by atoms with E-state index in [1.807, 2.05) is 31.3 Å². The molecule has 1 fully saturated rings. The first kappa shape index (κ1) is 14.3. The van der Waals surface area contributed by atoms with Crippen molar-refractivity contribution in [1.82, 2.24) is 9.80 Å². The van der Waals surface area contributed by atoms with Crippen LogP contribution in [0.4, 0.5) is 0 Å². The first-order valence-corrected chi connectivity index (χ1v) is 6.51. The number of benzene rings is 1. The van der Waals surface area contributed by atoms with Crippen molar-refractivity contribution in [2.75, 3.05) is 26.7 Å². The van der Waals surface area contributed by atoms with Gasteiger partial charge in [0.25, 0.3) is 0 Å². The quantitative estimate of drug-likeness (QED) is 0.834. The number of nitrogens with zero attached hydrogens (tertiary/aromatic N) is 2. The molecule has 1 aliphatic heterocycles. The first-order chi connectivity index (χ1) is 9.56. The van der Waals surface area contributed by atoms with E-state index in [1.54, 1.807) is 11.0 Å². The second-order valence-electron chi connectivity index (χ2n) is 4.90. The van der Waals surface area contributed by atoms with Gasteiger partial charge in [-0.15, -0.1) is 0 Å². The zero-order valence-electron chi connectivity index (χ0n) is 11.5. The van der Waals surface area contributed by atoms with E-state index in [1.165, 1.54) is 0 Å². The van der Waals surface area contributed by atoms with Crippen LogP contribution in [0.15, 0.2) is 30.3 Å². The fraction of sp³-hybridized carbons (Fsp3) is 0.333. The standard InChI is InChI=1S/C15H18N2O3/c1-16-8-9-17(11-14(16)18)10-13-5-3-2-4-12(13)6-7-15(19)20/h2-7H,8-11H2,1H3,(H,19,20). The molecule has 0 bridgehead atoms. The summed E-state index contributed by atoms with van der Waals surface area (Å²) in [6, 6.07) is 7.64. The summed E-state index contributed by atoms with van der Waals surface area (Å²) < 4.78 is 0. The summed E-state index contributed by atoms with van der Waals surface area (Å²) in [6.45, 7) is 2.62. The van der Waals surface area contributed by atoms with E-state index in [2.05, 4.69) is 4.90 Å². The monoisotopic (exact) mass is 274 g/mol. The van der Waals surface area contributed by atoms with E-state index < -0.39 is 5.97 Å². The van der Waals surface area contributed by atoms with Crippen LogP contribution in [-0.2, 0) is 16.1 Å². The lowest BCUT2D eigenvalue weighted by atomic mass is 10.1. The molecule has 1 aromatic rings. The number of carbonyl (C=O) groups is 2. The van der Waals surface area contributed by atoms with E-state index in [0.29, 0.717) is 13.1 Å². The van der Waals surface area contributed by atoms with Crippen LogP contribution >= 0.6 is 0 Å². The van der Waals surface area contributed by atoms with Gasteiger partial charge in [-0.1, -0.05) is 24.3 Å². The molecule has 1 aliphatic rings. The third-order valence-electron chi connectivity index (χ3n) is 3.39. The number of aliphatic carboxylic acids is 1. The molecule has 106 valence electrons. The maximum Gasteiger partial charge on any atom is 0.328 e. The topological polar surface area (TPSA) is 60.9 Å². The number of carboxylic acid groups (broad SMARTS) is 1. The maximum absolute atomic E-state index is 11.7. The molecule has 0 spiro atoms. The van der Waals surface area contributed by atoms with Crippen molar-refractivity contribution in [3.8, 4) is 0 Å². The number of likely N-dealkylation sites (N-methyl/N-ethyl adjacent to an activating group) is 1. The summed E-state index contributed by atoms with van der Waals surface area (Å²) in [5.41, 5.74) is 1.91. The summed E-state index contributed by atoms with van der Waals surface area (Å²) in [4.78, 5) is 26.1. The van der Waals surface area contributed by atoms with Crippen LogP contribution in [0.2, 0.25) is 0 Å². The van der Waals surface area contributed by atoms with E-state index in [0.717, 1.165) is 30.3 Å². The Labute approximate surface area is 118 Å². The Morgan fingerprint density at radius 1 is 1.35 bits per heavy atom. The Balaban J connectivity index is 2.09. The minimum atomic E-state index is -0.963. The molecule has 0 unspecified atom stereocenters. The average Bonchev–Trinajstić information content (AvgIpc) is 2.42. The SMILES string of the molecule is CN1CCN(Cc2ccccc2C=CC(=O)O)CC1=O. The first-order valence-electron chi connectivity index (χ1n) is 6.51. The lowest BCUT2D eigenvalue weighted by Crippen LogP contribution is -2.48. The molecule has 5 nitrogen and oxygen atoms in total. The highest BCUT2D eigenvalue weighted by molar-refractivity contribution is 5.85. The zero-order chi connectivity index (χ0) is 14.5. The number of carbonyl (C=O) groups excluding carboxylic acids is 1. The lowest BCUT2D eigenvalue weighted by molar-refractivity contribution is -0.134. The van der Waals surface area contributed by atoms with Gasteiger partial charge in [0.2, 0.25) is 5.91 Å². The van der Waals surface area contributed by atoms with Crippen LogP contribution in [0.25, 0.3) is 6.08 Å². The summed E-state index contributed by atoms with van der Waals surface area (Å²) in [6.07, 6.45) is 2.73. The Morgan fingerprint density at radius 2 is 2.10 bits per heavy atom. The van der Waals surface area contributed by atoms with Gasteiger partial charge in [0.1, 0.15) is 0 Å². The van der Waals surface area contributed by atoms with Gasteiger partial charge in [-0.25, -0.2) is 4.79 Å². The summed E-state index contributed by atoms with van der Waals surface area (Å²) in [5.74, 6) is -0.843. The van der Waals surface area contributed by atoms with Crippen LogP contribution in [0.1, 0.15) is 11.1 Å². The minimum absolute atomic E-state index is 0.120. The molecule has 0 aliphatic carbocycles. The van der Waals surface area contributed by atoms with E-state index >= 15 is 0 Å². The number of piperazine rings is 1. The third kappa shape index (κ3) is 3.68. The highest BCUT2D eigenvalue weighted by Gasteiger charge is 2.21. The fourth-order valence-electron chi connectivity index (χ4n) is 2.18. The summed E-state index contributed by atoms with van der Waals surface area (Å²) in [5, 5.41) is 8.70. The minimum Gasteiger partial charge on any atom is -0.478 e. The molecule has 0 radical (unpaired) electrons. The molecule has 2 rings (SSSR count). The van der Waals surface area contributed by atoms with Gasteiger partial charge < -0.3 is 10.0 Å². The number of hydrogen-bond acceptors (Lipinski definition) is 3. The smallest absolute Gasteiger partial charge is 0.328 e. The molecule has 0 atom stereocenters. The highest BCUT2D eigenvalue weighted by atomic mass is 16.4. The van der Waals surface area contributed by atoms with Crippen molar-refractivity contribution in [3.63, 3.8) is 0 Å². The van der Waals surface area contributed by atoms with Gasteiger partial charge in [0.15, 0.2) is 0 Å². The second-order valence-corrected chi connectivity index (χ2v) is 4.90. The Hall–Kier alpha value is -2.14. The summed E-state index contributed by atoms with van der Waals surface area (Å²) in [7, 11) is 1.81. The van der Waals surface area contributed by atoms with E-state index in [9.17, 15) is 9.59 Å². The Kier molecular flexibility index (Phi) is 4.53. The van der Waals surface area contributed by atoms with Gasteiger partial charge in [-0.2, -0.15) is 0 Å². The van der Waals surface area contributed by atoms with Crippen LogP contribution in [-0.4, -0.2) is 53.5 Å². The second kappa shape index (κ2) is 6.34. The number of rotatable bonds is 4. The van der Waals surface area contributed by atoms with Gasteiger partial charge in [0, 0.05) is 32.8 Å². The average molecular weight is 274 g/mol. The van der Waals surface area contributed by atoms with Crippen molar-refractivity contribution in [2.45, 2.75) is 6.54 Å². The number of hydrogen-bond donors (Lipinski definition) is 1. The largest absolute Gasteiger partial charge is 0.478 e. The molecule has 1 N–H and O–H groups in total. The maximum atomic E-state index is 11.7. The molecule has 0 saturated carbocycles. The van der Waals surface area contributed by atoms with Gasteiger partial charge in [0.05, 0.1) is 6.54 Å². The van der Waals surface area contributed by atoms with Crippen molar-refractivity contribution >= 4 is 18.0 Å². The molecule has 1 aromatic carbocycles. The molecule has 0 aromatic heterocycles.